The number of aryl methyl sites for hydroxylation is 1. The fraction of sp³-hybridized carbons (Fsp3) is 0.407. The Morgan fingerprint density at radius 2 is 2.09 bits per heavy atom. The molecule has 0 radical (unpaired) electrons. The third kappa shape index (κ3) is 6.34. The van der Waals surface area contributed by atoms with Crippen LogP contribution < -0.4 is 20.9 Å². The number of amides is 2. The Hall–Kier alpha value is -4.55. The zero-order valence-electron chi connectivity index (χ0n) is 24.6. The first kappa shape index (κ1) is 31.9. The normalized spacial score (nSPS) is 18.5. The smallest absolute Gasteiger partial charge is 0.352 e. The first-order valence-corrected chi connectivity index (χ1v) is 15.8. The number of thioether (sulfide) groups is 1. The Labute approximate surface area is 264 Å². The van der Waals surface area contributed by atoms with E-state index >= 15 is 0 Å². The number of nitrogens with one attached hydrogen (secondary N) is 2. The molecule has 0 saturated carbocycles. The minimum absolute atomic E-state index is 0.0280. The number of nitrogen functional groups attached to an aromatic ring is 1. The third-order valence-corrected chi connectivity index (χ3v) is 9.25. The number of rotatable bonds is 13. The van der Waals surface area contributed by atoms with Crippen LogP contribution in [0, 0.1) is 0 Å². The Morgan fingerprint density at radius 1 is 1.31 bits per heavy atom. The number of nitrogens with two attached hydrogens (primary N) is 1. The van der Waals surface area contributed by atoms with Gasteiger partial charge in [0.15, 0.2) is 10.8 Å². The monoisotopic (exact) mass is 658 g/mol. The number of thiazole rings is 1. The number of nitrogens with zero attached hydrogens (tertiary/aromatic N) is 6. The van der Waals surface area contributed by atoms with Crippen molar-refractivity contribution in [3.8, 4) is 0 Å². The van der Waals surface area contributed by atoms with Crippen molar-refractivity contribution in [2.45, 2.75) is 50.4 Å². The Kier molecular flexibility index (Phi) is 9.08. The zero-order chi connectivity index (χ0) is 32.5. The Morgan fingerprint density at radius 3 is 2.76 bits per heavy atom. The molecule has 2 atom stereocenters. The molecule has 5 rings (SSSR count). The molecule has 3 aromatic rings. The summed E-state index contributed by atoms with van der Waals surface area (Å²) >= 11 is 2.34. The molecule has 16 nitrogen and oxygen atoms in total. The lowest BCUT2D eigenvalue weighted by Crippen LogP contribution is -2.71. The summed E-state index contributed by atoms with van der Waals surface area (Å²) < 4.78 is 3.90. The molecule has 0 unspecified atom stereocenters. The fourth-order valence-electron chi connectivity index (χ4n) is 4.83. The number of carboxylic acid groups (broad SMARTS) is 2. The lowest BCUT2D eigenvalue weighted by Gasteiger charge is -2.49. The van der Waals surface area contributed by atoms with Crippen molar-refractivity contribution in [3.63, 3.8) is 0 Å². The molecule has 2 aliphatic rings. The van der Waals surface area contributed by atoms with Gasteiger partial charge < -0.3 is 36.0 Å². The summed E-state index contributed by atoms with van der Waals surface area (Å²) in [6.07, 6.45) is 4.49. The molecule has 18 heteroatoms. The number of anilines is 1. The summed E-state index contributed by atoms with van der Waals surface area (Å²) in [6, 6.07) is 2.75. The van der Waals surface area contributed by atoms with E-state index in [1.165, 1.54) is 35.9 Å². The zero-order valence-corrected chi connectivity index (χ0v) is 26.2. The Bertz CT molecular complexity index is 1730. The quantitative estimate of drug-likeness (QED) is 0.0539. The minimum atomic E-state index is -1.76. The molecule has 0 bridgehead atoms. The molecule has 3 aromatic heterocycles. The minimum Gasteiger partial charge on any atom is -0.478 e. The van der Waals surface area contributed by atoms with Crippen LogP contribution in [-0.2, 0) is 37.1 Å². The predicted octanol–water partition coefficient (Wildman–Crippen LogP) is -0.00530. The predicted molar refractivity (Wildman–Crippen MR) is 164 cm³/mol. The molecular formula is C27H32N9O7S2+. The number of hydrogen-bond acceptors (Lipinski definition) is 12. The van der Waals surface area contributed by atoms with Gasteiger partial charge in [-0.05, 0) is 51.0 Å². The van der Waals surface area contributed by atoms with Gasteiger partial charge in [0.1, 0.15) is 34.9 Å². The molecule has 2 aliphatic heterocycles. The average molecular weight is 659 g/mol. The maximum atomic E-state index is 13.3. The van der Waals surface area contributed by atoms with Crippen LogP contribution in [0.15, 0.2) is 46.5 Å². The van der Waals surface area contributed by atoms with Gasteiger partial charge >= 0.3 is 17.6 Å². The molecule has 0 aromatic carbocycles. The molecule has 0 spiro atoms. The summed E-state index contributed by atoms with van der Waals surface area (Å²) in [4.78, 5) is 65.5. The second-order valence-corrected chi connectivity index (χ2v) is 12.8. The van der Waals surface area contributed by atoms with E-state index in [4.69, 9.17) is 10.6 Å². The van der Waals surface area contributed by atoms with Crippen LogP contribution in [0.3, 0.4) is 0 Å². The highest BCUT2D eigenvalue weighted by Gasteiger charge is 2.54. The van der Waals surface area contributed by atoms with Gasteiger partial charge in [-0.3, -0.25) is 14.5 Å². The van der Waals surface area contributed by atoms with Gasteiger partial charge in [-0.25, -0.2) is 19.1 Å². The highest BCUT2D eigenvalue weighted by Crippen LogP contribution is 2.40. The standard InChI is InChI=1S/C27H31N9O7S2/c1-27(2,25(41)42)43-33-17(15-12-45-26(28)31-15)21(37)32-18-22(38)36-19(24(39)40)14(11-44-23(18)36)10-34-8-4-6-16-20(34)30-13-35(16)9-5-7-29-3/h4,6,8,12-13,18,23,29H,5,7,9-11H2,1-3H3,(H4-,28,31,32,37,39,40,41,42)/p+1/b33-17-/t18-,23-/m1/s1. The van der Waals surface area contributed by atoms with E-state index in [-0.39, 0.29) is 34.5 Å². The van der Waals surface area contributed by atoms with Crippen molar-refractivity contribution in [1.29, 1.82) is 0 Å². The van der Waals surface area contributed by atoms with Crippen molar-refractivity contribution in [2.24, 2.45) is 5.16 Å². The van der Waals surface area contributed by atoms with Crippen LogP contribution in [0.5, 0.6) is 0 Å². The van der Waals surface area contributed by atoms with Gasteiger partial charge in [0.05, 0.1) is 6.20 Å². The maximum Gasteiger partial charge on any atom is 0.352 e. The molecule has 1 fully saturated rings. The topological polar surface area (TPSA) is 218 Å². The molecule has 0 aliphatic carbocycles. The van der Waals surface area contributed by atoms with E-state index in [9.17, 15) is 29.4 Å². The number of pyridine rings is 1. The van der Waals surface area contributed by atoms with Crippen molar-refractivity contribution >= 4 is 68.9 Å². The van der Waals surface area contributed by atoms with Gasteiger partial charge in [0.2, 0.25) is 11.9 Å². The summed E-state index contributed by atoms with van der Waals surface area (Å²) in [5.41, 5.74) is 5.58. The molecule has 1 saturated heterocycles. The largest absolute Gasteiger partial charge is 0.478 e. The molecule has 5 heterocycles. The van der Waals surface area contributed by atoms with Crippen molar-refractivity contribution in [2.75, 3.05) is 25.1 Å². The van der Waals surface area contributed by atoms with E-state index in [1.54, 1.807) is 6.33 Å². The summed E-state index contributed by atoms with van der Waals surface area (Å²) in [5, 5.41) is 29.9. The number of aromatic nitrogens is 4. The summed E-state index contributed by atoms with van der Waals surface area (Å²) in [5.74, 6) is -3.77. The molecule has 6 N–H and O–H groups in total. The van der Waals surface area contributed by atoms with E-state index < -0.39 is 40.8 Å². The number of carbonyl (C=O) groups is 4. The first-order chi connectivity index (χ1) is 21.4. The van der Waals surface area contributed by atoms with E-state index in [1.807, 2.05) is 34.5 Å². The number of hydrogen-bond donors (Lipinski definition) is 5. The van der Waals surface area contributed by atoms with Gasteiger partial charge in [0, 0.05) is 23.3 Å². The fourth-order valence-corrected chi connectivity index (χ4v) is 6.72. The van der Waals surface area contributed by atoms with Crippen molar-refractivity contribution in [3.05, 3.63) is 47.0 Å². The second kappa shape index (κ2) is 12.8. The second-order valence-electron chi connectivity index (χ2n) is 10.8. The van der Waals surface area contributed by atoms with Gasteiger partial charge in [-0.2, -0.15) is 0 Å². The average Bonchev–Trinajstić information content (AvgIpc) is 3.62. The highest BCUT2D eigenvalue weighted by atomic mass is 32.2. The first-order valence-electron chi connectivity index (χ1n) is 13.8. The number of carbonyl (C=O) groups excluding carboxylic acids is 2. The van der Waals surface area contributed by atoms with E-state index in [0.29, 0.717) is 11.2 Å². The SMILES string of the molecule is CNCCCn1cnc2c1ccc[n+]2CC1=C(C(=O)O)N2C(=O)[C@@H](NC(=O)/C(=N\OC(C)(C)C(=O)O)c3csc(N)n3)[C@H]2SC1. The number of aliphatic carboxylic acids is 2. The lowest BCUT2D eigenvalue weighted by atomic mass is 10.0. The van der Waals surface area contributed by atoms with Crippen molar-refractivity contribution < 1.29 is 38.8 Å². The number of imidazole rings is 1. The maximum absolute atomic E-state index is 13.3. The van der Waals surface area contributed by atoms with Crippen LogP contribution in [-0.4, -0.2) is 95.5 Å². The van der Waals surface area contributed by atoms with Crippen LogP contribution in [0.4, 0.5) is 5.13 Å². The third-order valence-electron chi connectivity index (χ3n) is 7.23. The molecule has 2 amide bonds. The highest BCUT2D eigenvalue weighted by molar-refractivity contribution is 8.00. The van der Waals surface area contributed by atoms with E-state index in [0.717, 1.165) is 36.4 Å². The number of carboxylic acids is 2. The summed E-state index contributed by atoms with van der Waals surface area (Å²) in [6.45, 7) is 4.33. The number of β-lactam (4-membered cyclic amide) rings is 1. The summed E-state index contributed by atoms with van der Waals surface area (Å²) in [7, 11) is 1.89. The van der Waals surface area contributed by atoms with E-state index in [2.05, 4.69) is 25.8 Å². The number of oxime groups is 1. The van der Waals surface area contributed by atoms with Gasteiger partial charge in [0.25, 0.3) is 11.8 Å². The molecule has 45 heavy (non-hydrogen) atoms. The lowest BCUT2D eigenvalue weighted by molar-refractivity contribution is -0.664. The van der Waals surface area contributed by atoms with Crippen molar-refractivity contribution in [1.82, 2.24) is 30.1 Å². The van der Waals surface area contributed by atoms with Gasteiger partial charge in [-0.1, -0.05) is 5.16 Å². The van der Waals surface area contributed by atoms with Crippen LogP contribution in [0.25, 0.3) is 11.2 Å². The van der Waals surface area contributed by atoms with Crippen LogP contribution in [0.2, 0.25) is 0 Å². The van der Waals surface area contributed by atoms with Gasteiger partial charge in [-0.15, -0.1) is 23.1 Å². The number of fused-ring (bicyclic) bond motifs is 2. The van der Waals surface area contributed by atoms with Crippen LogP contribution >= 0.6 is 23.1 Å². The molecular weight excluding hydrogens is 626 g/mol. The Balaban J connectivity index is 1.36. The van der Waals surface area contributed by atoms with Crippen LogP contribution in [0.1, 0.15) is 26.0 Å². The molecule has 238 valence electrons.